The number of hydrogen-bond acceptors (Lipinski definition) is 4. The number of carbonyl (C=O) groups is 1. The van der Waals surface area contributed by atoms with Crippen molar-refractivity contribution in [1.29, 1.82) is 0 Å². The Morgan fingerprint density at radius 3 is 2.72 bits per heavy atom. The number of hydrogen-bond donors (Lipinski definition) is 3. The zero-order chi connectivity index (χ0) is 17.9. The van der Waals surface area contributed by atoms with Crippen molar-refractivity contribution in [3.63, 3.8) is 0 Å². The number of morpholine rings is 1. The molecule has 8 heteroatoms. The van der Waals surface area contributed by atoms with Gasteiger partial charge in [-0.2, -0.15) is 0 Å². The van der Waals surface area contributed by atoms with Gasteiger partial charge in [-0.05, 0) is 18.6 Å². The molecule has 0 bridgehead atoms. The van der Waals surface area contributed by atoms with E-state index in [-0.39, 0.29) is 5.56 Å². The molecule has 1 saturated heterocycles. The summed E-state index contributed by atoms with van der Waals surface area (Å²) in [4.78, 5) is 18.4. The molecule has 0 atom stereocenters. The maximum atomic E-state index is 13.5. The molecule has 0 unspecified atom stereocenters. The van der Waals surface area contributed by atoms with Gasteiger partial charge in [0.05, 0.1) is 18.8 Å². The predicted octanol–water partition coefficient (Wildman–Crippen LogP) is 0.182. The van der Waals surface area contributed by atoms with E-state index in [9.17, 15) is 9.18 Å². The van der Waals surface area contributed by atoms with E-state index >= 15 is 0 Å². The highest BCUT2D eigenvalue weighted by Crippen LogP contribution is 2.05. The topological polar surface area (TPSA) is 92.0 Å². The highest BCUT2D eigenvalue weighted by molar-refractivity contribution is 5.94. The number of amides is 1. The second-order valence-electron chi connectivity index (χ2n) is 5.74. The van der Waals surface area contributed by atoms with Gasteiger partial charge in [0.25, 0.3) is 5.91 Å². The van der Waals surface area contributed by atoms with Gasteiger partial charge in [0.2, 0.25) is 0 Å². The van der Waals surface area contributed by atoms with Crippen LogP contribution in [0.4, 0.5) is 4.39 Å². The largest absolute Gasteiger partial charge is 0.379 e. The molecule has 1 aromatic rings. The number of nitrogens with one attached hydrogen (secondary N) is 2. The molecular formula is C17H26FN5O2. The highest BCUT2D eigenvalue weighted by atomic mass is 19.1. The Hall–Kier alpha value is -2.19. The highest BCUT2D eigenvalue weighted by Gasteiger charge is 2.10. The van der Waals surface area contributed by atoms with E-state index in [1.54, 1.807) is 12.1 Å². The third kappa shape index (κ3) is 7.06. The first kappa shape index (κ1) is 19.1. The van der Waals surface area contributed by atoms with Crippen LogP contribution in [0.5, 0.6) is 0 Å². The summed E-state index contributed by atoms with van der Waals surface area (Å²) in [6.45, 7) is 5.93. The number of benzene rings is 1. The van der Waals surface area contributed by atoms with Crippen LogP contribution in [0.1, 0.15) is 16.8 Å². The SMILES string of the molecule is NC(=NCCCN1CCOCC1)NCCNC(=O)c1ccccc1F. The van der Waals surface area contributed by atoms with Crippen LogP contribution in [0.15, 0.2) is 29.3 Å². The van der Waals surface area contributed by atoms with Gasteiger partial charge in [0, 0.05) is 39.3 Å². The van der Waals surface area contributed by atoms with Crippen LogP contribution >= 0.6 is 0 Å². The summed E-state index contributed by atoms with van der Waals surface area (Å²) in [6.07, 6.45) is 0.937. The summed E-state index contributed by atoms with van der Waals surface area (Å²) in [7, 11) is 0. The molecule has 4 N–H and O–H groups in total. The molecule has 0 spiro atoms. The van der Waals surface area contributed by atoms with Gasteiger partial charge < -0.3 is 21.1 Å². The van der Waals surface area contributed by atoms with Gasteiger partial charge >= 0.3 is 0 Å². The molecule has 7 nitrogen and oxygen atoms in total. The van der Waals surface area contributed by atoms with Crippen LogP contribution in [0.3, 0.4) is 0 Å². The van der Waals surface area contributed by atoms with Gasteiger partial charge in [-0.25, -0.2) is 4.39 Å². The summed E-state index contributed by atoms with van der Waals surface area (Å²) < 4.78 is 18.8. The van der Waals surface area contributed by atoms with Crippen molar-refractivity contribution in [2.24, 2.45) is 10.7 Å². The Morgan fingerprint density at radius 2 is 1.96 bits per heavy atom. The molecule has 0 aromatic heterocycles. The number of nitrogens with two attached hydrogens (primary N) is 1. The minimum atomic E-state index is -0.533. The first-order valence-electron chi connectivity index (χ1n) is 8.53. The van der Waals surface area contributed by atoms with Crippen LogP contribution in [0.25, 0.3) is 0 Å². The molecule has 0 radical (unpaired) electrons. The van der Waals surface area contributed by atoms with E-state index in [0.717, 1.165) is 39.3 Å². The number of rotatable bonds is 8. The number of guanidine groups is 1. The normalized spacial score (nSPS) is 15.8. The molecular weight excluding hydrogens is 325 g/mol. The third-order valence-corrected chi connectivity index (χ3v) is 3.85. The molecule has 138 valence electrons. The van der Waals surface area contributed by atoms with Gasteiger partial charge in [-0.3, -0.25) is 14.7 Å². The van der Waals surface area contributed by atoms with Crippen LogP contribution in [0.2, 0.25) is 0 Å². The Morgan fingerprint density at radius 1 is 1.24 bits per heavy atom. The fourth-order valence-corrected chi connectivity index (χ4v) is 2.48. The van der Waals surface area contributed by atoms with Crippen molar-refractivity contribution < 1.29 is 13.9 Å². The Labute approximate surface area is 147 Å². The third-order valence-electron chi connectivity index (χ3n) is 3.85. The van der Waals surface area contributed by atoms with Crippen molar-refractivity contribution in [3.8, 4) is 0 Å². The zero-order valence-electron chi connectivity index (χ0n) is 14.3. The number of halogens is 1. The minimum absolute atomic E-state index is 0.0345. The Bertz CT molecular complexity index is 576. The first-order chi connectivity index (χ1) is 12.2. The van der Waals surface area contributed by atoms with Crippen molar-refractivity contribution in [2.75, 3.05) is 52.5 Å². The van der Waals surface area contributed by atoms with Crippen LogP contribution < -0.4 is 16.4 Å². The van der Waals surface area contributed by atoms with Crippen molar-refractivity contribution in [3.05, 3.63) is 35.6 Å². The lowest BCUT2D eigenvalue weighted by molar-refractivity contribution is 0.0377. The molecule has 1 aliphatic rings. The maximum Gasteiger partial charge on any atom is 0.254 e. The van der Waals surface area contributed by atoms with Crippen molar-refractivity contribution >= 4 is 11.9 Å². The zero-order valence-corrected chi connectivity index (χ0v) is 14.3. The van der Waals surface area contributed by atoms with E-state index in [1.165, 1.54) is 12.1 Å². The van der Waals surface area contributed by atoms with Gasteiger partial charge in [0.1, 0.15) is 5.82 Å². The monoisotopic (exact) mass is 351 g/mol. The van der Waals surface area contributed by atoms with Gasteiger partial charge in [-0.15, -0.1) is 0 Å². The molecule has 1 amide bonds. The van der Waals surface area contributed by atoms with E-state index in [4.69, 9.17) is 10.5 Å². The maximum absolute atomic E-state index is 13.5. The van der Waals surface area contributed by atoms with Crippen LogP contribution in [-0.4, -0.2) is 69.2 Å². The van der Waals surface area contributed by atoms with Crippen LogP contribution in [-0.2, 0) is 4.74 Å². The molecule has 1 fully saturated rings. The van der Waals surface area contributed by atoms with E-state index in [1.807, 2.05) is 0 Å². The van der Waals surface area contributed by atoms with Crippen molar-refractivity contribution in [1.82, 2.24) is 15.5 Å². The summed E-state index contributed by atoms with van der Waals surface area (Å²) in [6, 6.07) is 5.87. The molecule has 25 heavy (non-hydrogen) atoms. The van der Waals surface area contributed by atoms with E-state index in [0.29, 0.717) is 25.6 Å². The fraction of sp³-hybridized carbons (Fsp3) is 0.529. The number of ether oxygens (including phenoxy) is 1. The fourth-order valence-electron chi connectivity index (χ4n) is 2.48. The summed E-state index contributed by atoms with van der Waals surface area (Å²) in [5, 5.41) is 5.56. The van der Waals surface area contributed by atoms with E-state index in [2.05, 4.69) is 20.5 Å². The van der Waals surface area contributed by atoms with E-state index < -0.39 is 11.7 Å². The second kappa shape index (κ2) is 10.6. The van der Waals surface area contributed by atoms with Crippen LogP contribution in [0, 0.1) is 5.82 Å². The average molecular weight is 351 g/mol. The number of carbonyl (C=O) groups excluding carboxylic acids is 1. The summed E-state index contributed by atoms with van der Waals surface area (Å²) >= 11 is 0. The summed E-state index contributed by atoms with van der Waals surface area (Å²) in [5.41, 5.74) is 5.81. The molecule has 0 saturated carbocycles. The molecule has 1 aliphatic heterocycles. The Balaban J connectivity index is 1.56. The smallest absolute Gasteiger partial charge is 0.254 e. The molecule has 1 heterocycles. The predicted molar refractivity (Wildman–Crippen MR) is 95.1 cm³/mol. The number of nitrogens with zero attached hydrogens (tertiary/aromatic N) is 2. The lowest BCUT2D eigenvalue weighted by atomic mass is 10.2. The molecule has 0 aliphatic carbocycles. The standard InChI is InChI=1S/C17H26FN5O2/c18-15-5-2-1-4-14(15)16(24)20-7-8-22-17(19)21-6-3-9-23-10-12-25-13-11-23/h1-2,4-5H,3,6-13H2,(H,20,24)(H3,19,21,22). The second-order valence-corrected chi connectivity index (χ2v) is 5.74. The average Bonchev–Trinajstić information content (AvgIpc) is 2.63. The quantitative estimate of drug-likeness (QED) is 0.353. The lowest BCUT2D eigenvalue weighted by Gasteiger charge is -2.26. The van der Waals surface area contributed by atoms with Crippen molar-refractivity contribution in [2.45, 2.75) is 6.42 Å². The first-order valence-corrected chi connectivity index (χ1v) is 8.53. The molecule has 2 rings (SSSR count). The Kier molecular flexibility index (Phi) is 8.14. The van der Waals surface area contributed by atoms with Gasteiger partial charge in [0.15, 0.2) is 5.96 Å². The minimum Gasteiger partial charge on any atom is -0.379 e. The number of aliphatic imine (C=N–C) groups is 1. The lowest BCUT2D eigenvalue weighted by Crippen LogP contribution is -2.39. The summed E-state index contributed by atoms with van der Waals surface area (Å²) in [5.74, 6) is -0.627. The molecule has 1 aromatic carbocycles. The van der Waals surface area contributed by atoms with Gasteiger partial charge in [-0.1, -0.05) is 12.1 Å².